The number of benzene rings is 1. The molecule has 0 unspecified atom stereocenters. The second kappa shape index (κ2) is 8.83. The van der Waals surface area contributed by atoms with Crippen molar-refractivity contribution in [1.29, 1.82) is 0 Å². The molecule has 5 nitrogen and oxygen atoms in total. The van der Waals surface area contributed by atoms with Crippen LogP contribution in [-0.4, -0.2) is 34.8 Å². The molecule has 0 radical (unpaired) electrons. The third-order valence-corrected chi connectivity index (χ3v) is 5.91. The van der Waals surface area contributed by atoms with Crippen molar-refractivity contribution in [3.8, 4) is 5.75 Å². The Labute approximate surface area is 145 Å². The summed E-state index contributed by atoms with van der Waals surface area (Å²) in [7, 11) is -1.91. The minimum atomic E-state index is -3.50. The fraction of sp³-hybridized carbons (Fsp3) is 0.667. The van der Waals surface area contributed by atoms with Crippen molar-refractivity contribution >= 4 is 10.0 Å². The van der Waals surface area contributed by atoms with Gasteiger partial charge in [0.25, 0.3) is 0 Å². The Bertz CT molecular complexity index is 613. The van der Waals surface area contributed by atoms with Gasteiger partial charge in [-0.2, -0.15) is 0 Å². The van der Waals surface area contributed by atoms with Crippen LogP contribution in [0.15, 0.2) is 17.0 Å². The van der Waals surface area contributed by atoms with Gasteiger partial charge in [0.05, 0.1) is 18.1 Å². The van der Waals surface area contributed by atoms with Crippen molar-refractivity contribution in [3.63, 3.8) is 0 Å². The predicted molar refractivity (Wildman–Crippen MR) is 95.1 cm³/mol. The van der Waals surface area contributed by atoms with E-state index in [4.69, 9.17) is 9.47 Å². The zero-order valence-corrected chi connectivity index (χ0v) is 15.7. The fourth-order valence-corrected chi connectivity index (χ4v) is 4.48. The van der Waals surface area contributed by atoms with Crippen molar-refractivity contribution in [3.05, 3.63) is 23.3 Å². The summed E-state index contributed by atoms with van der Waals surface area (Å²) in [5, 5.41) is 0. The van der Waals surface area contributed by atoms with Crippen LogP contribution >= 0.6 is 0 Å². The standard InChI is InChI=1S/C18H29NO4S/c1-14-12-17(13-15(2)18(14)22-3)24(20,21)19-10-7-11-23-16-8-5-4-6-9-16/h12-13,16,19H,4-11H2,1-3H3. The van der Waals surface area contributed by atoms with Crippen LogP contribution in [0, 0.1) is 13.8 Å². The summed E-state index contributed by atoms with van der Waals surface area (Å²) in [6, 6.07) is 3.29. The van der Waals surface area contributed by atoms with Gasteiger partial charge in [0.1, 0.15) is 5.75 Å². The third kappa shape index (κ3) is 5.19. The van der Waals surface area contributed by atoms with E-state index in [-0.39, 0.29) is 4.90 Å². The predicted octanol–water partition coefficient (Wildman–Crippen LogP) is 3.33. The number of methoxy groups -OCH3 is 1. The first-order valence-electron chi connectivity index (χ1n) is 8.70. The molecule has 1 N–H and O–H groups in total. The Morgan fingerprint density at radius 3 is 2.33 bits per heavy atom. The van der Waals surface area contributed by atoms with Gasteiger partial charge in [0.15, 0.2) is 0 Å². The van der Waals surface area contributed by atoms with Gasteiger partial charge in [0.2, 0.25) is 10.0 Å². The van der Waals surface area contributed by atoms with Gasteiger partial charge < -0.3 is 9.47 Å². The quantitative estimate of drug-likeness (QED) is 0.727. The molecule has 0 bridgehead atoms. The molecule has 0 atom stereocenters. The third-order valence-electron chi connectivity index (χ3n) is 4.47. The summed E-state index contributed by atoms with van der Waals surface area (Å²) in [4.78, 5) is 0.284. The van der Waals surface area contributed by atoms with Gasteiger partial charge >= 0.3 is 0 Å². The van der Waals surface area contributed by atoms with Gasteiger partial charge in [-0.1, -0.05) is 19.3 Å². The molecule has 1 saturated carbocycles. The van der Waals surface area contributed by atoms with E-state index in [1.165, 1.54) is 19.3 Å². The first kappa shape index (κ1) is 19.2. The fourth-order valence-electron chi connectivity index (χ4n) is 3.23. The van der Waals surface area contributed by atoms with E-state index in [0.29, 0.717) is 25.7 Å². The van der Waals surface area contributed by atoms with E-state index in [1.54, 1.807) is 19.2 Å². The Morgan fingerprint density at radius 1 is 1.12 bits per heavy atom. The summed E-state index contributed by atoms with van der Waals surface area (Å²) in [6.45, 7) is 4.69. The molecule has 1 aromatic rings. The Balaban J connectivity index is 1.83. The van der Waals surface area contributed by atoms with Crippen molar-refractivity contribution in [1.82, 2.24) is 4.72 Å². The molecule has 0 spiro atoms. The first-order valence-corrected chi connectivity index (χ1v) is 10.2. The van der Waals surface area contributed by atoms with Crippen LogP contribution in [0.3, 0.4) is 0 Å². The molecule has 6 heteroatoms. The number of ether oxygens (including phenoxy) is 2. The average Bonchev–Trinajstić information content (AvgIpc) is 2.55. The lowest BCUT2D eigenvalue weighted by Gasteiger charge is -2.21. The van der Waals surface area contributed by atoms with Gasteiger partial charge in [-0.25, -0.2) is 13.1 Å². The summed E-state index contributed by atoms with van der Waals surface area (Å²) < 4.78 is 38.6. The number of nitrogens with one attached hydrogen (secondary N) is 1. The molecule has 0 aromatic heterocycles. The molecule has 0 saturated heterocycles. The molecule has 0 amide bonds. The van der Waals surface area contributed by atoms with Crippen LogP contribution in [0.2, 0.25) is 0 Å². The molecule has 24 heavy (non-hydrogen) atoms. The van der Waals surface area contributed by atoms with E-state index in [1.807, 2.05) is 13.8 Å². The zero-order chi connectivity index (χ0) is 17.6. The largest absolute Gasteiger partial charge is 0.496 e. The maximum Gasteiger partial charge on any atom is 0.240 e. The molecule has 1 aromatic carbocycles. The number of sulfonamides is 1. The molecule has 1 aliphatic carbocycles. The van der Waals surface area contributed by atoms with Crippen LogP contribution in [0.5, 0.6) is 5.75 Å². The average molecular weight is 356 g/mol. The van der Waals surface area contributed by atoms with Crippen molar-refractivity contribution in [2.45, 2.75) is 63.4 Å². The lowest BCUT2D eigenvalue weighted by atomic mass is 9.98. The first-order chi connectivity index (χ1) is 11.4. The van der Waals surface area contributed by atoms with Crippen molar-refractivity contribution in [2.75, 3.05) is 20.3 Å². The molecule has 1 aliphatic rings. The molecule has 2 rings (SSSR count). The lowest BCUT2D eigenvalue weighted by molar-refractivity contribution is 0.0278. The monoisotopic (exact) mass is 355 g/mol. The van der Waals surface area contributed by atoms with Gasteiger partial charge in [0, 0.05) is 13.2 Å². The highest BCUT2D eigenvalue weighted by Crippen LogP contribution is 2.26. The SMILES string of the molecule is COc1c(C)cc(S(=O)(=O)NCCCOC2CCCCC2)cc1C. The summed E-state index contributed by atoms with van der Waals surface area (Å²) in [5.41, 5.74) is 1.64. The maximum absolute atomic E-state index is 12.4. The molecule has 0 heterocycles. The zero-order valence-electron chi connectivity index (χ0n) is 14.9. The summed E-state index contributed by atoms with van der Waals surface area (Å²) in [5.74, 6) is 0.731. The van der Waals surface area contributed by atoms with Gasteiger partial charge in [-0.15, -0.1) is 0 Å². The topological polar surface area (TPSA) is 64.6 Å². The maximum atomic E-state index is 12.4. The Morgan fingerprint density at radius 2 is 1.75 bits per heavy atom. The highest BCUT2D eigenvalue weighted by atomic mass is 32.2. The normalized spacial score (nSPS) is 16.3. The van der Waals surface area contributed by atoms with Gasteiger partial charge in [-0.3, -0.25) is 0 Å². The van der Waals surface area contributed by atoms with E-state index in [9.17, 15) is 8.42 Å². The molecule has 0 aliphatic heterocycles. The van der Waals surface area contributed by atoms with Crippen LogP contribution in [0.1, 0.15) is 49.7 Å². The van der Waals surface area contributed by atoms with Crippen LogP contribution < -0.4 is 9.46 Å². The smallest absolute Gasteiger partial charge is 0.240 e. The molecule has 1 fully saturated rings. The molecule has 136 valence electrons. The highest BCUT2D eigenvalue weighted by Gasteiger charge is 2.17. The Hall–Kier alpha value is -1.11. The molecular weight excluding hydrogens is 326 g/mol. The van der Waals surface area contributed by atoms with Crippen molar-refractivity contribution in [2.24, 2.45) is 0 Å². The van der Waals surface area contributed by atoms with E-state index >= 15 is 0 Å². The van der Waals surface area contributed by atoms with E-state index in [0.717, 1.165) is 29.7 Å². The second-order valence-electron chi connectivity index (χ2n) is 6.47. The summed E-state index contributed by atoms with van der Waals surface area (Å²) >= 11 is 0. The number of rotatable bonds is 8. The van der Waals surface area contributed by atoms with Crippen LogP contribution in [-0.2, 0) is 14.8 Å². The Kier molecular flexibility index (Phi) is 7.07. The minimum absolute atomic E-state index is 0.284. The second-order valence-corrected chi connectivity index (χ2v) is 8.24. The van der Waals surface area contributed by atoms with Crippen molar-refractivity contribution < 1.29 is 17.9 Å². The summed E-state index contributed by atoms with van der Waals surface area (Å²) in [6.07, 6.45) is 7.11. The number of hydrogen-bond acceptors (Lipinski definition) is 4. The number of hydrogen-bond donors (Lipinski definition) is 1. The molecular formula is C18H29NO4S. The van der Waals surface area contributed by atoms with Crippen LogP contribution in [0.4, 0.5) is 0 Å². The number of aryl methyl sites for hydroxylation is 2. The lowest BCUT2D eigenvalue weighted by Crippen LogP contribution is -2.26. The minimum Gasteiger partial charge on any atom is -0.496 e. The van der Waals surface area contributed by atoms with Crippen LogP contribution in [0.25, 0.3) is 0 Å². The van der Waals surface area contributed by atoms with Gasteiger partial charge in [-0.05, 0) is 56.4 Å². The van der Waals surface area contributed by atoms with E-state index < -0.39 is 10.0 Å². The highest BCUT2D eigenvalue weighted by molar-refractivity contribution is 7.89. The van der Waals surface area contributed by atoms with E-state index in [2.05, 4.69) is 4.72 Å².